The third kappa shape index (κ3) is 3.90. The normalized spacial score (nSPS) is 11.0. The fourth-order valence-corrected chi connectivity index (χ4v) is 2.76. The molecular weight excluding hydrogens is 328 g/mol. The van der Waals surface area contributed by atoms with Gasteiger partial charge in [0.25, 0.3) is 0 Å². The second kappa shape index (κ2) is 6.25. The van der Waals surface area contributed by atoms with Crippen molar-refractivity contribution in [2.75, 3.05) is 11.1 Å². The highest BCUT2D eigenvalue weighted by atomic mass is 35.5. The summed E-state index contributed by atoms with van der Waals surface area (Å²) in [6, 6.07) is 9.82. The highest BCUT2D eigenvalue weighted by molar-refractivity contribution is 7.87. The molecule has 1 amide bonds. The van der Waals surface area contributed by atoms with Gasteiger partial charge in [0.2, 0.25) is 5.91 Å². The van der Waals surface area contributed by atoms with E-state index in [2.05, 4.69) is 5.32 Å². The van der Waals surface area contributed by atoms with Crippen LogP contribution < -0.4 is 15.2 Å². The molecule has 0 unspecified atom stereocenters. The van der Waals surface area contributed by atoms with Crippen LogP contribution in [0.2, 0.25) is 5.02 Å². The Balaban J connectivity index is 2.27. The molecule has 0 aliphatic rings. The zero-order valence-electron chi connectivity index (χ0n) is 11.5. The van der Waals surface area contributed by atoms with Crippen molar-refractivity contribution in [3.05, 3.63) is 47.5 Å². The zero-order valence-corrected chi connectivity index (χ0v) is 13.1. The Morgan fingerprint density at radius 1 is 1.18 bits per heavy atom. The van der Waals surface area contributed by atoms with E-state index in [1.54, 1.807) is 0 Å². The quantitative estimate of drug-likeness (QED) is 0.658. The Kier molecular flexibility index (Phi) is 4.58. The van der Waals surface area contributed by atoms with Crippen LogP contribution in [0.15, 0.2) is 47.4 Å². The average molecular weight is 341 g/mol. The van der Waals surface area contributed by atoms with Gasteiger partial charge in [-0.1, -0.05) is 11.6 Å². The van der Waals surface area contributed by atoms with Crippen molar-refractivity contribution >= 4 is 39.0 Å². The minimum atomic E-state index is -4.03. The van der Waals surface area contributed by atoms with Crippen molar-refractivity contribution in [2.45, 2.75) is 11.8 Å². The van der Waals surface area contributed by atoms with Crippen LogP contribution in [0.1, 0.15) is 6.92 Å². The summed E-state index contributed by atoms with van der Waals surface area (Å²) in [5.74, 6) is -0.173. The maximum Gasteiger partial charge on any atom is 0.339 e. The number of hydrogen-bond acceptors (Lipinski definition) is 5. The van der Waals surface area contributed by atoms with Crippen LogP contribution in [0.3, 0.4) is 0 Å². The second-order valence-electron chi connectivity index (χ2n) is 4.42. The van der Waals surface area contributed by atoms with E-state index in [4.69, 9.17) is 21.5 Å². The summed E-state index contributed by atoms with van der Waals surface area (Å²) in [5.41, 5.74) is 6.18. The first-order valence-electron chi connectivity index (χ1n) is 6.15. The van der Waals surface area contributed by atoms with Gasteiger partial charge in [0.15, 0.2) is 0 Å². The number of halogens is 1. The third-order valence-corrected chi connectivity index (χ3v) is 4.14. The molecule has 0 atom stereocenters. The molecule has 3 N–H and O–H groups in total. The molecule has 2 aromatic rings. The first kappa shape index (κ1) is 16.1. The van der Waals surface area contributed by atoms with E-state index in [9.17, 15) is 13.2 Å². The summed E-state index contributed by atoms with van der Waals surface area (Å²) >= 11 is 5.72. The summed E-state index contributed by atoms with van der Waals surface area (Å²) in [7, 11) is -4.03. The fraction of sp³-hybridized carbons (Fsp3) is 0.0714. The summed E-state index contributed by atoms with van der Waals surface area (Å²) in [4.78, 5) is 10.9. The standard InChI is InChI=1S/C14H13ClN2O4S/c1-9(18)17-14-7-6-12(8-13(14)16)22(19,20)21-11-4-2-10(15)3-5-11/h2-8H,16H2,1H3,(H,17,18). The average Bonchev–Trinajstić information content (AvgIpc) is 2.43. The van der Waals surface area contributed by atoms with E-state index >= 15 is 0 Å². The highest BCUT2D eigenvalue weighted by Gasteiger charge is 2.18. The molecule has 0 aliphatic carbocycles. The number of benzene rings is 2. The Morgan fingerprint density at radius 2 is 1.82 bits per heavy atom. The lowest BCUT2D eigenvalue weighted by atomic mass is 10.2. The number of nitrogens with one attached hydrogen (secondary N) is 1. The van der Waals surface area contributed by atoms with Gasteiger partial charge < -0.3 is 15.2 Å². The lowest BCUT2D eigenvalue weighted by Crippen LogP contribution is -2.12. The van der Waals surface area contributed by atoms with Gasteiger partial charge in [-0.25, -0.2) is 0 Å². The topological polar surface area (TPSA) is 98.5 Å². The van der Waals surface area contributed by atoms with E-state index in [1.807, 2.05) is 0 Å². The van der Waals surface area contributed by atoms with Gasteiger partial charge in [0.05, 0.1) is 11.4 Å². The summed E-state index contributed by atoms with van der Waals surface area (Å²) in [6.45, 7) is 1.33. The molecule has 0 radical (unpaired) electrons. The zero-order chi connectivity index (χ0) is 16.3. The number of rotatable bonds is 4. The largest absolute Gasteiger partial charge is 0.397 e. The van der Waals surface area contributed by atoms with E-state index in [0.29, 0.717) is 10.7 Å². The molecule has 0 fully saturated rings. The van der Waals surface area contributed by atoms with Gasteiger partial charge in [-0.05, 0) is 42.5 Å². The maximum absolute atomic E-state index is 12.2. The predicted molar refractivity (Wildman–Crippen MR) is 84.4 cm³/mol. The van der Waals surface area contributed by atoms with Crippen molar-refractivity contribution in [3.8, 4) is 5.75 Å². The molecular formula is C14H13ClN2O4S. The SMILES string of the molecule is CC(=O)Nc1ccc(S(=O)(=O)Oc2ccc(Cl)cc2)cc1N. The van der Waals surface area contributed by atoms with Gasteiger partial charge in [0, 0.05) is 11.9 Å². The number of carbonyl (C=O) groups excluding carboxylic acids is 1. The number of nitrogen functional groups attached to an aromatic ring is 1. The Labute approximate surface area is 133 Å². The van der Waals surface area contributed by atoms with E-state index < -0.39 is 10.1 Å². The molecule has 0 spiro atoms. The van der Waals surface area contributed by atoms with Crippen molar-refractivity contribution in [3.63, 3.8) is 0 Å². The van der Waals surface area contributed by atoms with Gasteiger partial charge in [-0.3, -0.25) is 4.79 Å². The minimum absolute atomic E-state index is 0.117. The Hall–Kier alpha value is -2.25. The Bertz CT molecular complexity index is 804. The smallest absolute Gasteiger partial charge is 0.339 e. The molecule has 6 nitrogen and oxygen atoms in total. The number of anilines is 2. The lowest BCUT2D eigenvalue weighted by Gasteiger charge is -2.10. The molecule has 2 rings (SSSR count). The molecule has 0 saturated heterocycles. The first-order valence-corrected chi connectivity index (χ1v) is 7.94. The van der Waals surface area contributed by atoms with Crippen LogP contribution in [-0.2, 0) is 14.9 Å². The van der Waals surface area contributed by atoms with Crippen LogP contribution >= 0.6 is 11.6 Å². The third-order valence-electron chi connectivity index (χ3n) is 2.64. The monoisotopic (exact) mass is 340 g/mol. The van der Waals surface area contributed by atoms with Crippen molar-refractivity contribution in [1.29, 1.82) is 0 Å². The van der Waals surface area contributed by atoms with Crippen molar-refractivity contribution in [1.82, 2.24) is 0 Å². The summed E-state index contributed by atoms with van der Waals surface area (Å²) < 4.78 is 29.3. The van der Waals surface area contributed by atoms with Gasteiger partial charge in [-0.15, -0.1) is 0 Å². The van der Waals surface area contributed by atoms with Gasteiger partial charge in [-0.2, -0.15) is 8.42 Å². The molecule has 0 saturated carbocycles. The molecule has 0 aliphatic heterocycles. The highest BCUT2D eigenvalue weighted by Crippen LogP contribution is 2.25. The maximum atomic E-state index is 12.2. The van der Waals surface area contributed by atoms with Gasteiger partial charge >= 0.3 is 10.1 Å². The molecule has 2 aromatic carbocycles. The number of nitrogens with two attached hydrogens (primary N) is 1. The van der Waals surface area contributed by atoms with Crippen LogP contribution in [0.5, 0.6) is 5.75 Å². The number of hydrogen-bond donors (Lipinski definition) is 2. The first-order chi connectivity index (χ1) is 10.3. The minimum Gasteiger partial charge on any atom is -0.397 e. The molecule has 22 heavy (non-hydrogen) atoms. The fourth-order valence-electron chi connectivity index (χ4n) is 1.66. The molecule has 0 heterocycles. The van der Waals surface area contributed by atoms with Gasteiger partial charge in [0.1, 0.15) is 10.6 Å². The number of amides is 1. The van der Waals surface area contributed by atoms with Crippen LogP contribution in [0, 0.1) is 0 Å². The second-order valence-corrected chi connectivity index (χ2v) is 6.40. The molecule has 0 aromatic heterocycles. The predicted octanol–water partition coefficient (Wildman–Crippen LogP) is 2.65. The lowest BCUT2D eigenvalue weighted by molar-refractivity contribution is -0.114. The van der Waals surface area contributed by atoms with Crippen molar-refractivity contribution in [2.24, 2.45) is 0 Å². The molecule has 116 valence electrons. The van der Waals surface area contributed by atoms with Crippen molar-refractivity contribution < 1.29 is 17.4 Å². The Morgan fingerprint density at radius 3 is 2.36 bits per heavy atom. The van der Waals surface area contributed by atoms with E-state index in [0.717, 1.165) is 0 Å². The van der Waals surface area contributed by atoms with Crippen LogP contribution in [-0.4, -0.2) is 14.3 Å². The number of carbonyl (C=O) groups is 1. The molecule has 0 bridgehead atoms. The summed E-state index contributed by atoms with van der Waals surface area (Å²) in [5, 5.41) is 2.96. The summed E-state index contributed by atoms with van der Waals surface area (Å²) in [6.07, 6.45) is 0. The van der Waals surface area contributed by atoms with Crippen LogP contribution in [0.4, 0.5) is 11.4 Å². The van der Waals surface area contributed by atoms with Crippen LogP contribution in [0.25, 0.3) is 0 Å². The molecule has 8 heteroatoms. The van der Waals surface area contributed by atoms with E-state index in [-0.39, 0.29) is 22.2 Å². The van der Waals surface area contributed by atoms with E-state index in [1.165, 1.54) is 49.4 Å².